The second-order valence-corrected chi connectivity index (χ2v) is 5.00. The first-order chi connectivity index (χ1) is 8.97. The molecule has 1 aromatic heterocycles. The van der Waals surface area contributed by atoms with Crippen LogP contribution in [-0.4, -0.2) is 16.1 Å². The van der Waals surface area contributed by atoms with Crippen molar-refractivity contribution in [2.45, 2.75) is 13.5 Å². The fourth-order valence-electron chi connectivity index (χ4n) is 1.58. The van der Waals surface area contributed by atoms with Crippen LogP contribution in [0.5, 0.6) is 0 Å². The average molecular weight is 281 g/mol. The van der Waals surface area contributed by atoms with Gasteiger partial charge in [0, 0.05) is 11.1 Å². The van der Waals surface area contributed by atoms with Crippen LogP contribution in [0.1, 0.15) is 21.1 Å². The number of nitrogens with one attached hydrogen (secondary N) is 1. The van der Waals surface area contributed by atoms with Gasteiger partial charge in [0.1, 0.15) is 5.82 Å². The molecule has 0 bridgehead atoms. The van der Waals surface area contributed by atoms with E-state index in [2.05, 4.69) is 10.3 Å². The third-order valence-corrected chi connectivity index (χ3v) is 3.32. The number of nitrogen functional groups attached to an aromatic ring is 1. The number of carboxylic acids is 1. The zero-order valence-corrected chi connectivity index (χ0v) is 10.9. The highest BCUT2D eigenvalue weighted by Crippen LogP contribution is 2.23. The second-order valence-electron chi connectivity index (χ2n) is 3.94. The number of nitrogens with two attached hydrogens (primary N) is 1. The van der Waals surface area contributed by atoms with Gasteiger partial charge in [0.05, 0.1) is 28.5 Å². The molecule has 0 fully saturated rings. The maximum atomic E-state index is 13.6. The molecule has 0 aliphatic carbocycles. The Bertz CT molecular complexity index is 627. The Morgan fingerprint density at radius 2 is 2.32 bits per heavy atom. The van der Waals surface area contributed by atoms with E-state index in [0.29, 0.717) is 6.54 Å². The van der Waals surface area contributed by atoms with E-state index >= 15 is 0 Å². The molecule has 4 N–H and O–H groups in total. The van der Waals surface area contributed by atoms with Crippen molar-refractivity contribution in [2.24, 2.45) is 0 Å². The van der Waals surface area contributed by atoms with Gasteiger partial charge >= 0.3 is 5.97 Å². The van der Waals surface area contributed by atoms with E-state index in [1.165, 1.54) is 17.4 Å². The van der Waals surface area contributed by atoms with Gasteiger partial charge in [0.25, 0.3) is 0 Å². The fourth-order valence-corrected chi connectivity index (χ4v) is 2.20. The highest BCUT2D eigenvalue weighted by Gasteiger charge is 2.13. The van der Waals surface area contributed by atoms with Gasteiger partial charge in [-0.05, 0) is 19.1 Å². The van der Waals surface area contributed by atoms with Gasteiger partial charge < -0.3 is 16.2 Å². The van der Waals surface area contributed by atoms with Crippen molar-refractivity contribution in [3.63, 3.8) is 0 Å². The van der Waals surface area contributed by atoms with E-state index in [1.54, 1.807) is 0 Å². The minimum Gasteiger partial charge on any atom is -0.478 e. The molecule has 19 heavy (non-hydrogen) atoms. The number of rotatable bonds is 4. The maximum absolute atomic E-state index is 13.6. The topological polar surface area (TPSA) is 88.2 Å². The monoisotopic (exact) mass is 281 g/mol. The molecule has 5 nitrogen and oxygen atoms in total. The number of anilines is 2. The van der Waals surface area contributed by atoms with Crippen LogP contribution in [-0.2, 0) is 6.54 Å². The zero-order chi connectivity index (χ0) is 14.0. The van der Waals surface area contributed by atoms with Gasteiger partial charge in [-0.1, -0.05) is 0 Å². The second kappa shape index (κ2) is 5.23. The van der Waals surface area contributed by atoms with Gasteiger partial charge in [-0.15, -0.1) is 11.3 Å². The van der Waals surface area contributed by atoms with Gasteiger partial charge in [-0.3, -0.25) is 0 Å². The lowest BCUT2D eigenvalue weighted by atomic mass is 10.1. The number of aromatic nitrogens is 1. The van der Waals surface area contributed by atoms with Crippen LogP contribution in [0, 0.1) is 12.7 Å². The molecule has 0 amide bonds. The molecule has 100 valence electrons. The summed E-state index contributed by atoms with van der Waals surface area (Å²) in [5, 5.41) is 14.5. The van der Waals surface area contributed by atoms with Crippen LogP contribution in [0.15, 0.2) is 17.5 Å². The lowest BCUT2D eigenvalue weighted by molar-refractivity contribution is 0.0698. The normalized spacial score (nSPS) is 10.4. The van der Waals surface area contributed by atoms with Crippen molar-refractivity contribution in [3.05, 3.63) is 39.6 Å². The van der Waals surface area contributed by atoms with E-state index in [1.807, 2.05) is 12.3 Å². The lowest BCUT2D eigenvalue weighted by Crippen LogP contribution is -2.07. The molecule has 0 aliphatic rings. The van der Waals surface area contributed by atoms with Crippen LogP contribution < -0.4 is 11.1 Å². The van der Waals surface area contributed by atoms with Crippen LogP contribution in [0.2, 0.25) is 0 Å². The maximum Gasteiger partial charge on any atom is 0.337 e. The third-order valence-electron chi connectivity index (χ3n) is 2.50. The highest BCUT2D eigenvalue weighted by atomic mass is 32.1. The van der Waals surface area contributed by atoms with E-state index in [4.69, 9.17) is 10.8 Å². The van der Waals surface area contributed by atoms with Crippen molar-refractivity contribution in [1.82, 2.24) is 4.98 Å². The number of carboxylic acid groups (broad SMARTS) is 1. The first-order valence-corrected chi connectivity index (χ1v) is 6.32. The van der Waals surface area contributed by atoms with Crippen LogP contribution in [0.25, 0.3) is 0 Å². The molecule has 1 aromatic carbocycles. The molecule has 7 heteroatoms. The standard InChI is InChI=1S/C12H12FN3O2S/c1-6-16-7(5-19-6)4-15-11-2-8(12(17)18)10(14)3-9(11)13/h2-3,5,15H,4,14H2,1H3,(H,17,18). The van der Waals surface area contributed by atoms with Gasteiger partial charge in [-0.2, -0.15) is 0 Å². The quantitative estimate of drug-likeness (QED) is 0.749. The summed E-state index contributed by atoms with van der Waals surface area (Å²) in [5.74, 6) is -1.78. The number of hydrogen-bond acceptors (Lipinski definition) is 5. The minimum atomic E-state index is -1.19. The summed E-state index contributed by atoms with van der Waals surface area (Å²) in [6, 6.07) is 2.18. The highest BCUT2D eigenvalue weighted by molar-refractivity contribution is 7.09. The molecular weight excluding hydrogens is 269 g/mol. The predicted octanol–water partition coefficient (Wildman–Crippen LogP) is 2.48. The predicted molar refractivity (Wildman–Crippen MR) is 71.9 cm³/mol. The van der Waals surface area contributed by atoms with Crippen LogP contribution in [0.3, 0.4) is 0 Å². The van der Waals surface area contributed by atoms with Crippen molar-refractivity contribution in [3.8, 4) is 0 Å². The van der Waals surface area contributed by atoms with Gasteiger partial charge in [0.2, 0.25) is 0 Å². The third kappa shape index (κ3) is 3.00. The zero-order valence-electron chi connectivity index (χ0n) is 10.1. The summed E-state index contributed by atoms with van der Waals surface area (Å²) < 4.78 is 13.6. The molecular formula is C12H12FN3O2S. The molecule has 0 radical (unpaired) electrons. The van der Waals surface area contributed by atoms with Crippen molar-refractivity contribution in [2.75, 3.05) is 11.1 Å². The average Bonchev–Trinajstić information content (AvgIpc) is 2.73. The van der Waals surface area contributed by atoms with Crippen molar-refractivity contribution in [1.29, 1.82) is 0 Å². The molecule has 0 saturated heterocycles. The molecule has 2 rings (SSSR count). The summed E-state index contributed by atoms with van der Waals surface area (Å²) in [5.41, 5.74) is 6.09. The number of nitrogens with zero attached hydrogens (tertiary/aromatic N) is 1. The Morgan fingerprint density at radius 3 is 2.89 bits per heavy atom. The van der Waals surface area contributed by atoms with Gasteiger partial charge in [-0.25, -0.2) is 14.2 Å². The Morgan fingerprint density at radius 1 is 1.58 bits per heavy atom. The SMILES string of the molecule is Cc1nc(CNc2cc(C(=O)O)c(N)cc2F)cs1. The number of carbonyl (C=O) groups is 1. The van der Waals surface area contributed by atoms with Crippen LogP contribution in [0.4, 0.5) is 15.8 Å². The minimum absolute atomic E-state index is 0.0947. The number of benzene rings is 1. The summed E-state index contributed by atoms with van der Waals surface area (Å²) in [7, 11) is 0. The number of thiazole rings is 1. The Hall–Kier alpha value is -2.15. The Balaban J connectivity index is 2.20. The Kier molecular flexibility index (Phi) is 3.66. The van der Waals surface area contributed by atoms with E-state index < -0.39 is 11.8 Å². The summed E-state index contributed by atoms with van der Waals surface area (Å²) in [4.78, 5) is 15.1. The van der Waals surface area contributed by atoms with Gasteiger partial charge in [0.15, 0.2) is 0 Å². The smallest absolute Gasteiger partial charge is 0.337 e. The summed E-state index contributed by atoms with van der Waals surface area (Å²) in [6.45, 7) is 2.20. The molecule has 0 atom stereocenters. The first kappa shape index (κ1) is 13.3. The first-order valence-electron chi connectivity index (χ1n) is 5.44. The summed E-state index contributed by atoms with van der Waals surface area (Å²) >= 11 is 1.50. The van der Waals surface area contributed by atoms with Crippen molar-refractivity contribution < 1.29 is 14.3 Å². The Labute approximate surface area is 112 Å². The van der Waals surface area contributed by atoms with E-state index in [-0.39, 0.29) is 16.9 Å². The van der Waals surface area contributed by atoms with E-state index in [0.717, 1.165) is 16.8 Å². The number of hydrogen-bond donors (Lipinski definition) is 3. The number of halogens is 1. The number of aryl methyl sites for hydroxylation is 1. The largest absolute Gasteiger partial charge is 0.478 e. The fraction of sp³-hybridized carbons (Fsp3) is 0.167. The van der Waals surface area contributed by atoms with E-state index in [9.17, 15) is 9.18 Å². The molecule has 1 heterocycles. The molecule has 2 aromatic rings. The number of aromatic carboxylic acids is 1. The van der Waals surface area contributed by atoms with Crippen LogP contribution >= 0.6 is 11.3 Å². The molecule has 0 unspecified atom stereocenters. The molecule has 0 spiro atoms. The van der Waals surface area contributed by atoms with Crippen molar-refractivity contribution >= 4 is 28.7 Å². The summed E-state index contributed by atoms with van der Waals surface area (Å²) in [6.07, 6.45) is 0. The molecule has 0 aliphatic heterocycles. The lowest BCUT2D eigenvalue weighted by Gasteiger charge is -2.09. The molecule has 0 saturated carbocycles.